The number of allylic oxidation sites excluding steroid dienone is 1. The van der Waals surface area contributed by atoms with E-state index in [1.54, 1.807) is 0 Å². The summed E-state index contributed by atoms with van der Waals surface area (Å²) in [4.78, 5) is 0. The summed E-state index contributed by atoms with van der Waals surface area (Å²) in [5.74, 6) is 0.734. The van der Waals surface area contributed by atoms with Crippen LogP contribution in [0, 0.1) is 5.92 Å². The Hall–Kier alpha value is -0.300. The molecule has 0 fully saturated rings. The van der Waals surface area contributed by atoms with Gasteiger partial charge in [0.1, 0.15) is 0 Å². The lowest BCUT2D eigenvalue weighted by Gasteiger charge is -2.18. The van der Waals surface area contributed by atoms with Gasteiger partial charge in [0.05, 0.1) is 6.10 Å². The highest BCUT2D eigenvalue weighted by Crippen LogP contribution is 2.25. The largest absolute Gasteiger partial charge is 0.393 e. The first kappa shape index (κ1) is 8.79. The van der Waals surface area contributed by atoms with Crippen LogP contribution in [0.1, 0.15) is 39.5 Å². The molecule has 2 atom stereocenters. The molecule has 1 nitrogen and oxygen atoms in total. The molecule has 0 spiro atoms. The standard InChI is InChI=1S/C10H18O/c1-8-4-3-5-10(6-8)7-9(2)11/h6,8-9,11H,3-5,7H2,1-2H3/t8?,9-/m0/s1. The van der Waals surface area contributed by atoms with Gasteiger partial charge in [-0.15, -0.1) is 0 Å². The molecular formula is C10H18O. The van der Waals surface area contributed by atoms with Crippen molar-refractivity contribution in [3.05, 3.63) is 11.6 Å². The van der Waals surface area contributed by atoms with Crippen molar-refractivity contribution in [3.8, 4) is 0 Å². The first-order valence-corrected chi connectivity index (χ1v) is 4.56. The van der Waals surface area contributed by atoms with E-state index in [1.165, 1.54) is 24.8 Å². The third-order valence-electron chi connectivity index (χ3n) is 2.24. The van der Waals surface area contributed by atoms with Crippen molar-refractivity contribution in [3.63, 3.8) is 0 Å². The highest BCUT2D eigenvalue weighted by Gasteiger charge is 2.10. The lowest BCUT2D eigenvalue weighted by Crippen LogP contribution is -2.06. The summed E-state index contributed by atoms with van der Waals surface area (Å²) in [5, 5.41) is 9.15. The van der Waals surface area contributed by atoms with Crippen LogP contribution in [-0.4, -0.2) is 11.2 Å². The van der Waals surface area contributed by atoms with E-state index in [-0.39, 0.29) is 6.10 Å². The minimum atomic E-state index is -0.161. The van der Waals surface area contributed by atoms with Crippen molar-refractivity contribution in [1.29, 1.82) is 0 Å². The van der Waals surface area contributed by atoms with Gasteiger partial charge in [-0.05, 0) is 38.5 Å². The lowest BCUT2D eigenvalue weighted by molar-refractivity contribution is 0.193. The summed E-state index contributed by atoms with van der Waals surface area (Å²) >= 11 is 0. The van der Waals surface area contributed by atoms with Crippen molar-refractivity contribution >= 4 is 0 Å². The maximum Gasteiger partial charge on any atom is 0.0549 e. The Morgan fingerprint density at radius 3 is 3.00 bits per heavy atom. The molecule has 1 aliphatic rings. The molecule has 64 valence electrons. The summed E-state index contributed by atoms with van der Waals surface area (Å²) in [6, 6.07) is 0. The minimum absolute atomic E-state index is 0.161. The Morgan fingerprint density at radius 1 is 1.73 bits per heavy atom. The first-order valence-electron chi connectivity index (χ1n) is 4.56. The average molecular weight is 154 g/mol. The molecule has 1 heteroatoms. The fourth-order valence-electron chi connectivity index (χ4n) is 1.77. The molecule has 0 saturated carbocycles. The van der Waals surface area contributed by atoms with E-state index >= 15 is 0 Å². The molecule has 0 heterocycles. The summed E-state index contributed by atoms with van der Waals surface area (Å²) in [6.07, 6.45) is 6.88. The van der Waals surface area contributed by atoms with Gasteiger partial charge in [0, 0.05) is 0 Å². The molecular weight excluding hydrogens is 136 g/mol. The SMILES string of the molecule is CC1C=C(C[C@H](C)O)CCC1. The smallest absolute Gasteiger partial charge is 0.0549 e. The first-order chi connectivity index (χ1) is 5.18. The van der Waals surface area contributed by atoms with Crippen molar-refractivity contribution in [2.75, 3.05) is 0 Å². The Kier molecular flexibility index (Phi) is 3.13. The Bertz CT molecular complexity index is 147. The monoisotopic (exact) mass is 154 g/mol. The summed E-state index contributed by atoms with van der Waals surface area (Å²) in [7, 11) is 0. The van der Waals surface area contributed by atoms with E-state index in [4.69, 9.17) is 5.11 Å². The molecule has 0 radical (unpaired) electrons. The van der Waals surface area contributed by atoms with Crippen LogP contribution in [0.2, 0.25) is 0 Å². The van der Waals surface area contributed by atoms with Gasteiger partial charge >= 0.3 is 0 Å². The van der Waals surface area contributed by atoms with Crippen molar-refractivity contribution in [2.24, 2.45) is 5.92 Å². The van der Waals surface area contributed by atoms with E-state index in [0.29, 0.717) is 0 Å². The predicted octanol–water partition coefficient (Wildman–Crippen LogP) is 2.50. The van der Waals surface area contributed by atoms with Gasteiger partial charge in [-0.1, -0.05) is 18.6 Å². The van der Waals surface area contributed by atoms with E-state index in [9.17, 15) is 0 Å². The van der Waals surface area contributed by atoms with Crippen LogP contribution in [0.15, 0.2) is 11.6 Å². The number of rotatable bonds is 2. The summed E-state index contributed by atoms with van der Waals surface area (Å²) < 4.78 is 0. The van der Waals surface area contributed by atoms with Crippen LogP contribution in [-0.2, 0) is 0 Å². The number of hydrogen-bond acceptors (Lipinski definition) is 1. The van der Waals surface area contributed by atoms with Gasteiger partial charge in [0.25, 0.3) is 0 Å². The van der Waals surface area contributed by atoms with E-state index in [0.717, 1.165) is 12.3 Å². The molecule has 0 aromatic rings. The second kappa shape index (κ2) is 3.91. The molecule has 1 unspecified atom stereocenters. The van der Waals surface area contributed by atoms with Gasteiger partial charge in [-0.3, -0.25) is 0 Å². The maximum atomic E-state index is 9.15. The van der Waals surface area contributed by atoms with Crippen molar-refractivity contribution in [2.45, 2.75) is 45.6 Å². The Balaban J connectivity index is 2.43. The zero-order valence-electron chi connectivity index (χ0n) is 7.51. The Labute approximate surface area is 69.1 Å². The van der Waals surface area contributed by atoms with Crippen LogP contribution in [0.5, 0.6) is 0 Å². The van der Waals surface area contributed by atoms with Crippen LogP contribution >= 0.6 is 0 Å². The number of aliphatic hydroxyl groups is 1. The summed E-state index contributed by atoms with van der Waals surface area (Å²) in [5.41, 5.74) is 1.46. The highest BCUT2D eigenvalue weighted by atomic mass is 16.3. The van der Waals surface area contributed by atoms with Crippen LogP contribution in [0.25, 0.3) is 0 Å². The maximum absolute atomic E-state index is 9.15. The molecule has 0 saturated heterocycles. The van der Waals surface area contributed by atoms with Crippen LogP contribution < -0.4 is 0 Å². The molecule has 0 aromatic heterocycles. The van der Waals surface area contributed by atoms with Crippen LogP contribution in [0.3, 0.4) is 0 Å². The van der Waals surface area contributed by atoms with Crippen LogP contribution in [0.4, 0.5) is 0 Å². The number of aliphatic hydroxyl groups excluding tert-OH is 1. The van der Waals surface area contributed by atoms with E-state index in [2.05, 4.69) is 13.0 Å². The Morgan fingerprint density at radius 2 is 2.45 bits per heavy atom. The van der Waals surface area contributed by atoms with E-state index < -0.39 is 0 Å². The topological polar surface area (TPSA) is 20.2 Å². The van der Waals surface area contributed by atoms with Crippen molar-refractivity contribution in [1.82, 2.24) is 0 Å². The molecule has 0 aromatic carbocycles. The third-order valence-corrected chi connectivity index (χ3v) is 2.24. The normalized spacial score (nSPS) is 27.9. The highest BCUT2D eigenvalue weighted by molar-refractivity contribution is 5.07. The quantitative estimate of drug-likeness (QED) is 0.606. The second-order valence-corrected chi connectivity index (χ2v) is 3.75. The molecule has 0 amide bonds. The lowest BCUT2D eigenvalue weighted by atomic mass is 9.89. The van der Waals surface area contributed by atoms with Crippen molar-refractivity contribution < 1.29 is 5.11 Å². The van der Waals surface area contributed by atoms with Gasteiger partial charge < -0.3 is 5.11 Å². The van der Waals surface area contributed by atoms with Gasteiger partial charge in [0.15, 0.2) is 0 Å². The molecule has 0 bridgehead atoms. The fraction of sp³-hybridized carbons (Fsp3) is 0.800. The molecule has 1 N–H and O–H groups in total. The average Bonchev–Trinajstić information content (AvgIpc) is 1.85. The third kappa shape index (κ3) is 3.06. The van der Waals surface area contributed by atoms with Gasteiger partial charge in [-0.2, -0.15) is 0 Å². The molecule has 0 aliphatic heterocycles. The molecule has 1 aliphatic carbocycles. The zero-order chi connectivity index (χ0) is 8.27. The summed E-state index contributed by atoms with van der Waals surface area (Å²) in [6.45, 7) is 4.11. The molecule has 1 rings (SSSR count). The zero-order valence-corrected chi connectivity index (χ0v) is 7.51. The fourth-order valence-corrected chi connectivity index (χ4v) is 1.77. The minimum Gasteiger partial charge on any atom is -0.393 e. The van der Waals surface area contributed by atoms with Gasteiger partial charge in [-0.25, -0.2) is 0 Å². The van der Waals surface area contributed by atoms with Gasteiger partial charge in [0.2, 0.25) is 0 Å². The number of hydrogen-bond donors (Lipinski definition) is 1. The second-order valence-electron chi connectivity index (χ2n) is 3.75. The van der Waals surface area contributed by atoms with E-state index in [1.807, 2.05) is 6.92 Å². The predicted molar refractivity (Wildman–Crippen MR) is 47.4 cm³/mol. The molecule has 11 heavy (non-hydrogen) atoms.